The highest BCUT2D eigenvalue weighted by Gasteiger charge is 2.26. The molecule has 1 fully saturated rings. The Bertz CT molecular complexity index is 1130. The first-order chi connectivity index (χ1) is 16.1. The van der Waals surface area contributed by atoms with Crippen LogP contribution in [0, 0.1) is 11.3 Å². The first kappa shape index (κ1) is 22.8. The monoisotopic (exact) mass is 462 g/mol. The predicted molar refractivity (Wildman–Crippen MR) is 127 cm³/mol. The second-order valence-electron chi connectivity index (χ2n) is 7.84. The van der Waals surface area contributed by atoms with Crippen LogP contribution in [0.25, 0.3) is 10.6 Å². The minimum Gasteiger partial charge on any atom is -0.497 e. The molecule has 1 saturated heterocycles. The highest BCUT2D eigenvalue weighted by Crippen LogP contribution is 2.26. The molecule has 4 rings (SSSR count). The Morgan fingerprint density at radius 3 is 2.58 bits per heavy atom. The number of ether oxygens (including phenoxy) is 2. The number of rotatable bonds is 7. The molecule has 8 heteroatoms. The highest BCUT2D eigenvalue weighted by atomic mass is 32.1. The van der Waals surface area contributed by atoms with Gasteiger partial charge in [0.15, 0.2) is 6.10 Å². The van der Waals surface area contributed by atoms with Gasteiger partial charge in [-0.3, -0.25) is 9.69 Å². The molecule has 1 unspecified atom stereocenters. The van der Waals surface area contributed by atoms with E-state index in [0.29, 0.717) is 24.4 Å². The van der Waals surface area contributed by atoms with Gasteiger partial charge in [0.25, 0.3) is 5.91 Å². The smallest absolute Gasteiger partial charge is 0.263 e. The third-order valence-corrected chi connectivity index (χ3v) is 6.56. The van der Waals surface area contributed by atoms with Gasteiger partial charge in [-0.1, -0.05) is 12.1 Å². The van der Waals surface area contributed by atoms with Crippen molar-refractivity contribution < 1.29 is 14.3 Å². The van der Waals surface area contributed by atoms with Gasteiger partial charge in [0, 0.05) is 43.7 Å². The van der Waals surface area contributed by atoms with E-state index in [4.69, 9.17) is 14.5 Å². The van der Waals surface area contributed by atoms with E-state index in [9.17, 15) is 10.1 Å². The summed E-state index contributed by atoms with van der Waals surface area (Å²) in [6, 6.07) is 17.0. The van der Waals surface area contributed by atoms with E-state index in [0.717, 1.165) is 41.6 Å². The van der Waals surface area contributed by atoms with Gasteiger partial charge in [0.05, 0.1) is 18.4 Å². The van der Waals surface area contributed by atoms with Crippen LogP contribution in [-0.2, 0) is 11.3 Å². The van der Waals surface area contributed by atoms with Crippen molar-refractivity contribution in [1.29, 1.82) is 5.26 Å². The summed E-state index contributed by atoms with van der Waals surface area (Å²) in [4.78, 5) is 21.8. The number of hydrogen-bond donors (Lipinski definition) is 0. The molecule has 3 aromatic rings. The van der Waals surface area contributed by atoms with Crippen molar-refractivity contribution in [2.45, 2.75) is 19.6 Å². The van der Waals surface area contributed by atoms with E-state index >= 15 is 0 Å². The average molecular weight is 463 g/mol. The Labute approximate surface area is 197 Å². The number of nitrogens with zero attached hydrogens (tertiary/aromatic N) is 4. The van der Waals surface area contributed by atoms with Gasteiger partial charge in [-0.15, -0.1) is 11.3 Å². The van der Waals surface area contributed by atoms with E-state index in [1.807, 2.05) is 29.2 Å². The molecule has 1 aliphatic rings. The summed E-state index contributed by atoms with van der Waals surface area (Å²) in [5.41, 5.74) is 2.55. The third-order valence-electron chi connectivity index (χ3n) is 5.62. The van der Waals surface area contributed by atoms with Crippen molar-refractivity contribution in [1.82, 2.24) is 14.8 Å². The van der Waals surface area contributed by atoms with Crippen LogP contribution in [-0.4, -0.2) is 60.1 Å². The lowest BCUT2D eigenvalue weighted by molar-refractivity contribution is -0.139. The van der Waals surface area contributed by atoms with E-state index < -0.39 is 6.10 Å². The number of benzene rings is 2. The summed E-state index contributed by atoms with van der Waals surface area (Å²) in [6.45, 7) is 5.34. The minimum atomic E-state index is -0.642. The zero-order valence-corrected chi connectivity index (χ0v) is 19.5. The van der Waals surface area contributed by atoms with E-state index in [2.05, 4.69) is 16.3 Å². The summed E-state index contributed by atoms with van der Waals surface area (Å²) in [6.07, 6.45) is -0.642. The number of carbonyl (C=O) groups is 1. The van der Waals surface area contributed by atoms with Crippen LogP contribution >= 0.6 is 11.3 Å². The maximum atomic E-state index is 12.9. The SMILES string of the molecule is COc1ccc(-c2nc(CN3CCN(C(=O)C(C)Oc4ccccc4C#N)CC3)cs2)cc1. The molecule has 0 N–H and O–H groups in total. The normalized spacial score (nSPS) is 15.0. The van der Waals surface area contributed by atoms with Crippen molar-refractivity contribution in [3.63, 3.8) is 0 Å². The number of nitriles is 1. The third kappa shape index (κ3) is 5.51. The first-order valence-corrected chi connectivity index (χ1v) is 11.7. The standard InChI is InChI=1S/C25H26N4O3S/c1-18(32-23-6-4-3-5-20(23)15-26)25(30)29-13-11-28(12-14-29)16-21-17-33-24(27-21)19-7-9-22(31-2)10-8-19/h3-10,17-18H,11-14,16H2,1-2H3. The second-order valence-corrected chi connectivity index (χ2v) is 8.70. The fraction of sp³-hybridized carbons (Fsp3) is 0.320. The maximum absolute atomic E-state index is 12.9. The Kier molecular flexibility index (Phi) is 7.23. The molecule has 0 aliphatic carbocycles. The van der Waals surface area contributed by atoms with Crippen LogP contribution in [0.5, 0.6) is 11.5 Å². The molecular weight excluding hydrogens is 436 g/mol. The van der Waals surface area contributed by atoms with Crippen LogP contribution in [0.15, 0.2) is 53.9 Å². The average Bonchev–Trinajstić information content (AvgIpc) is 3.33. The lowest BCUT2D eigenvalue weighted by atomic mass is 10.2. The van der Waals surface area contributed by atoms with Crippen molar-refractivity contribution >= 4 is 17.2 Å². The van der Waals surface area contributed by atoms with Crippen molar-refractivity contribution in [3.8, 4) is 28.1 Å². The largest absolute Gasteiger partial charge is 0.497 e. The summed E-state index contributed by atoms with van der Waals surface area (Å²) in [7, 11) is 1.66. The predicted octanol–water partition coefficient (Wildman–Crippen LogP) is 3.80. The topological polar surface area (TPSA) is 78.7 Å². The molecular formula is C25H26N4O3S. The van der Waals surface area contributed by atoms with Crippen LogP contribution in [0.2, 0.25) is 0 Å². The summed E-state index contributed by atoms with van der Waals surface area (Å²) >= 11 is 1.64. The molecule has 1 amide bonds. The molecule has 1 aliphatic heterocycles. The van der Waals surface area contributed by atoms with Gasteiger partial charge in [-0.25, -0.2) is 4.98 Å². The molecule has 2 aromatic carbocycles. The summed E-state index contributed by atoms with van der Waals surface area (Å²) in [5.74, 6) is 1.21. The van der Waals surface area contributed by atoms with Crippen molar-refractivity contribution in [3.05, 3.63) is 65.2 Å². The molecule has 0 saturated carbocycles. The van der Waals surface area contributed by atoms with Gasteiger partial charge < -0.3 is 14.4 Å². The lowest BCUT2D eigenvalue weighted by Gasteiger charge is -2.35. The van der Waals surface area contributed by atoms with Crippen LogP contribution in [0.3, 0.4) is 0 Å². The Morgan fingerprint density at radius 2 is 1.88 bits per heavy atom. The van der Waals surface area contributed by atoms with Gasteiger partial charge in [-0.2, -0.15) is 5.26 Å². The quantitative estimate of drug-likeness (QED) is 0.531. The van der Waals surface area contributed by atoms with E-state index in [1.165, 1.54) is 0 Å². The zero-order valence-electron chi connectivity index (χ0n) is 18.7. The molecule has 170 valence electrons. The fourth-order valence-electron chi connectivity index (χ4n) is 3.76. The first-order valence-electron chi connectivity index (χ1n) is 10.8. The van der Waals surface area contributed by atoms with Crippen molar-refractivity contribution in [2.75, 3.05) is 33.3 Å². The van der Waals surface area contributed by atoms with Gasteiger partial charge in [-0.05, 0) is 43.3 Å². The van der Waals surface area contributed by atoms with E-state index in [1.54, 1.807) is 49.6 Å². The number of thiazole rings is 1. The minimum absolute atomic E-state index is 0.0576. The molecule has 33 heavy (non-hydrogen) atoms. The van der Waals surface area contributed by atoms with Crippen molar-refractivity contribution in [2.24, 2.45) is 0 Å². The van der Waals surface area contributed by atoms with Gasteiger partial charge >= 0.3 is 0 Å². The number of hydrogen-bond acceptors (Lipinski definition) is 7. The van der Waals surface area contributed by atoms with Crippen LogP contribution < -0.4 is 9.47 Å². The van der Waals surface area contributed by atoms with Gasteiger partial charge in [0.1, 0.15) is 22.6 Å². The van der Waals surface area contributed by atoms with E-state index in [-0.39, 0.29) is 5.91 Å². The number of para-hydroxylation sites is 1. The van der Waals surface area contributed by atoms with Gasteiger partial charge in [0.2, 0.25) is 0 Å². The molecule has 2 heterocycles. The Morgan fingerprint density at radius 1 is 1.15 bits per heavy atom. The second kappa shape index (κ2) is 10.5. The zero-order chi connectivity index (χ0) is 23.2. The molecule has 0 spiro atoms. The summed E-state index contributed by atoms with van der Waals surface area (Å²) in [5, 5.41) is 12.3. The molecule has 7 nitrogen and oxygen atoms in total. The number of aromatic nitrogens is 1. The maximum Gasteiger partial charge on any atom is 0.263 e. The Balaban J connectivity index is 1.28. The summed E-state index contributed by atoms with van der Waals surface area (Å²) < 4.78 is 11.0. The molecule has 0 radical (unpaired) electrons. The Hall–Kier alpha value is -3.41. The number of carbonyl (C=O) groups excluding carboxylic acids is 1. The molecule has 0 bridgehead atoms. The number of amides is 1. The highest BCUT2D eigenvalue weighted by molar-refractivity contribution is 7.13. The molecule has 1 aromatic heterocycles. The fourth-order valence-corrected chi connectivity index (χ4v) is 4.58. The lowest BCUT2D eigenvalue weighted by Crippen LogP contribution is -2.51. The molecule has 1 atom stereocenters. The van der Waals surface area contributed by atoms with Crippen LogP contribution in [0.4, 0.5) is 0 Å². The number of piperazine rings is 1. The number of methoxy groups -OCH3 is 1. The van der Waals surface area contributed by atoms with Crippen LogP contribution in [0.1, 0.15) is 18.2 Å².